The molecule has 0 heteroatoms. The summed E-state index contributed by atoms with van der Waals surface area (Å²) in [6.45, 7) is 5.50. The fourth-order valence-electron chi connectivity index (χ4n) is 0.863. The van der Waals surface area contributed by atoms with Gasteiger partial charge >= 0.3 is 0 Å². The maximum absolute atomic E-state index is 5.50. The zero-order valence-corrected chi connectivity index (χ0v) is 4.48. The van der Waals surface area contributed by atoms with E-state index in [1.165, 1.54) is 19.3 Å². The molecule has 0 aromatic carbocycles. The molecular weight excluding hydrogens is 84.1 g/mol. The molecule has 38 valence electrons. The van der Waals surface area contributed by atoms with Crippen LogP contribution in [-0.2, 0) is 0 Å². The fraction of sp³-hybridized carbons (Fsp3) is 0.571. The maximum Gasteiger partial charge on any atom is -0.00600 e. The van der Waals surface area contributed by atoms with Crippen LogP contribution in [0.1, 0.15) is 25.7 Å². The van der Waals surface area contributed by atoms with Crippen molar-refractivity contribution < 1.29 is 0 Å². The van der Waals surface area contributed by atoms with E-state index in [1.54, 1.807) is 0 Å². The highest BCUT2D eigenvalue weighted by molar-refractivity contribution is 5.07. The predicted octanol–water partition coefficient (Wildman–Crippen LogP) is 2.20. The van der Waals surface area contributed by atoms with E-state index in [-0.39, 0.29) is 0 Å². The number of allylic oxidation sites excluding steroid dienone is 2. The Hall–Kier alpha value is -0.260. The highest BCUT2D eigenvalue weighted by Crippen LogP contribution is 2.15. The highest BCUT2D eigenvalue weighted by Gasteiger charge is 1.95. The van der Waals surface area contributed by atoms with Crippen LogP contribution in [-0.4, -0.2) is 0 Å². The van der Waals surface area contributed by atoms with Gasteiger partial charge in [0.15, 0.2) is 0 Å². The molecule has 0 aromatic heterocycles. The van der Waals surface area contributed by atoms with Crippen molar-refractivity contribution in [3.63, 3.8) is 0 Å². The summed E-state index contributed by atoms with van der Waals surface area (Å²) < 4.78 is 0. The van der Waals surface area contributed by atoms with Gasteiger partial charge in [0, 0.05) is 0 Å². The van der Waals surface area contributed by atoms with Gasteiger partial charge in [0.2, 0.25) is 0 Å². The van der Waals surface area contributed by atoms with Gasteiger partial charge in [-0.3, -0.25) is 0 Å². The summed E-state index contributed by atoms with van der Waals surface area (Å²) >= 11 is 0. The molecule has 1 aliphatic rings. The van der Waals surface area contributed by atoms with E-state index < -0.39 is 0 Å². The molecule has 2 radical (unpaired) electrons. The van der Waals surface area contributed by atoms with E-state index in [0.29, 0.717) is 0 Å². The number of hydrogen-bond acceptors (Lipinski definition) is 0. The average molecular weight is 94.2 g/mol. The molecule has 1 aliphatic carbocycles. The molecule has 0 unspecified atom stereocenters. The summed E-state index contributed by atoms with van der Waals surface area (Å²) in [7, 11) is 0. The van der Waals surface area contributed by atoms with E-state index in [4.69, 9.17) is 6.92 Å². The lowest BCUT2D eigenvalue weighted by atomic mass is 10.0. The monoisotopic (exact) mass is 94.1 g/mol. The third-order valence-electron chi connectivity index (χ3n) is 1.33. The van der Waals surface area contributed by atoms with Crippen molar-refractivity contribution in [1.82, 2.24) is 0 Å². The Morgan fingerprint density at radius 2 is 2.29 bits per heavy atom. The molecule has 0 nitrogen and oxygen atoms in total. The van der Waals surface area contributed by atoms with Crippen molar-refractivity contribution in [2.24, 2.45) is 0 Å². The summed E-state index contributed by atoms with van der Waals surface area (Å²) in [6, 6.07) is 0. The van der Waals surface area contributed by atoms with Crippen LogP contribution in [0.3, 0.4) is 0 Å². The summed E-state index contributed by atoms with van der Waals surface area (Å²) in [5.74, 6) is 0. The van der Waals surface area contributed by atoms with E-state index in [1.807, 2.05) is 0 Å². The normalized spacial score (nSPS) is 21.6. The summed E-state index contributed by atoms with van der Waals surface area (Å²) in [4.78, 5) is 0. The Labute approximate surface area is 45.2 Å². The van der Waals surface area contributed by atoms with Gasteiger partial charge in [0.05, 0.1) is 0 Å². The van der Waals surface area contributed by atoms with Crippen molar-refractivity contribution in [2.75, 3.05) is 0 Å². The van der Waals surface area contributed by atoms with Crippen LogP contribution >= 0.6 is 0 Å². The van der Waals surface area contributed by atoms with Crippen molar-refractivity contribution >= 4 is 0 Å². The van der Waals surface area contributed by atoms with Crippen molar-refractivity contribution in [1.29, 1.82) is 0 Å². The first kappa shape index (κ1) is 4.89. The molecule has 0 saturated carbocycles. The molecule has 0 saturated heterocycles. The zero-order valence-electron chi connectivity index (χ0n) is 4.48. The number of hydrogen-bond donors (Lipinski definition) is 0. The first-order valence-electron chi connectivity index (χ1n) is 2.84. The van der Waals surface area contributed by atoms with Gasteiger partial charge in [-0.05, 0) is 32.6 Å². The van der Waals surface area contributed by atoms with Crippen LogP contribution in [0.4, 0.5) is 0 Å². The first-order chi connectivity index (χ1) is 3.39. The van der Waals surface area contributed by atoms with Gasteiger partial charge in [-0.2, -0.15) is 0 Å². The largest absolute Gasteiger partial charge is 0.0850 e. The smallest absolute Gasteiger partial charge is 0.00600 e. The summed E-state index contributed by atoms with van der Waals surface area (Å²) in [5.41, 5.74) is 1.09. The van der Waals surface area contributed by atoms with Gasteiger partial charge in [-0.25, -0.2) is 0 Å². The van der Waals surface area contributed by atoms with Gasteiger partial charge in [-0.15, -0.1) is 0 Å². The molecule has 0 atom stereocenters. The molecule has 0 aliphatic heterocycles. The van der Waals surface area contributed by atoms with Crippen LogP contribution in [0, 0.1) is 6.92 Å². The molecule has 0 fully saturated rings. The van der Waals surface area contributed by atoms with Crippen LogP contribution in [0.5, 0.6) is 0 Å². The second-order valence-electron chi connectivity index (χ2n) is 2.02. The predicted molar refractivity (Wildman–Crippen MR) is 30.9 cm³/mol. The molecule has 7 heavy (non-hydrogen) atoms. The topological polar surface area (TPSA) is 0 Å². The van der Waals surface area contributed by atoms with Gasteiger partial charge < -0.3 is 0 Å². The second kappa shape index (κ2) is 2.15. The number of rotatable bonds is 0. The minimum absolute atomic E-state index is 1.09. The Bertz CT molecular complexity index is 80.0. The lowest BCUT2D eigenvalue weighted by Crippen LogP contribution is -1.85. The van der Waals surface area contributed by atoms with Gasteiger partial charge in [-0.1, -0.05) is 11.6 Å². The van der Waals surface area contributed by atoms with Crippen molar-refractivity contribution in [2.45, 2.75) is 25.7 Å². The van der Waals surface area contributed by atoms with E-state index in [0.717, 1.165) is 12.0 Å². The van der Waals surface area contributed by atoms with Gasteiger partial charge in [0.1, 0.15) is 0 Å². The highest BCUT2D eigenvalue weighted by atomic mass is 14.0. The quantitative estimate of drug-likeness (QED) is 0.431. The molecule has 0 heterocycles. The molecule has 0 N–H and O–H groups in total. The Morgan fingerprint density at radius 3 is 2.57 bits per heavy atom. The lowest BCUT2D eigenvalue weighted by Gasteiger charge is -2.05. The average Bonchev–Trinajstić information content (AvgIpc) is 1.69. The summed E-state index contributed by atoms with van der Waals surface area (Å²) in [5, 5.41) is 0. The van der Waals surface area contributed by atoms with Crippen LogP contribution in [0.2, 0.25) is 0 Å². The molecule has 1 rings (SSSR count). The van der Waals surface area contributed by atoms with E-state index in [2.05, 4.69) is 6.08 Å². The van der Waals surface area contributed by atoms with Crippen molar-refractivity contribution in [3.05, 3.63) is 18.6 Å². The third-order valence-corrected chi connectivity index (χ3v) is 1.33. The van der Waals surface area contributed by atoms with Crippen LogP contribution in [0.15, 0.2) is 11.6 Å². The zero-order chi connectivity index (χ0) is 5.11. The van der Waals surface area contributed by atoms with Crippen LogP contribution in [0.25, 0.3) is 0 Å². The lowest BCUT2D eigenvalue weighted by molar-refractivity contribution is 0.711. The minimum atomic E-state index is 1.09. The van der Waals surface area contributed by atoms with Gasteiger partial charge in [0.25, 0.3) is 0 Å². The second-order valence-corrected chi connectivity index (χ2v) is 2.02. The SMILES string of the molecule is [CH]C1=CCCCC1. The fourth-order valence-corrected chi connectivity index (χ4v) is 0.863. The Kier molecular flexibility index (Phi) is 1.50. The van der Waals surface area contributed by atoms with E-state index in [9.17, 15) is 0 Å². The van der Waals surface area contributed by atoms with E-state index >= 15 is 0 Å². The minimum Gasteiger partial charge on any atom is -0.0850 e. The molecule has 0 amide bonds. The maximum atomic E-state index is 5.50. The molecule has 0 spiro atoms. The molecular formula is C7H10. The third kappa shape index (κ3) is 1.34. The Morgan fingerprint density at radius 1 is 1.43 bits per heavy atom. The standard InChI is InChI=1S/C7H10/c1-7-5-3-2-4-6-7/h1,5H,2-4,6H2. The summed E-state index contributed by atoms with van der Waals surface area (Å²) in [6.07, 6.45) is 7.08. The first-order valence-corrected chi connectivity index (χ1v) is 2.84. The van der Waals surface area contributed by atoms with Crippen LogP contribution < -0.4 is 0 Å². The van der Waals surface area contributed by atoms with Crippen molar-refractivity contribution in [3.8, 4) is 0 Å². The molecule has 0 aromatic rings. The Balaban J connectivity index is 2.40. The molecule has 0 bridgehead atoms.